The zero-order valence-electron chi connectivity index (χ0n) is 14.0. The molecule has 0 aliphatic heterocycles. The molecule has 0 aromatic carbocycles. The van der Waals surface area contributed by atoms with Gasteiger partial charge in [0.05, 0.1) is 19.4 Å². The molecule has 7 nitrogen and oxygen atoms in total. The first-order valence-electron chi connectivity index (χ1n) is 7.39. The molecule has 0 saturated carbocycles. The van der Waals surface area contributed by atoms with Gasteiger partial charge in [-0.25, -0.2) is 13.1 Å². The van der Waals surface area contributed by atoms with E-state index in [4.69, 9.17) is 9.57 Å². The van der Waals surface area contributed by atoms with Crippen molar-refractivity contribution < 1.29 is 22.8 Å². The molecule has 0 fully saturated rings. The van der Waals surface area contributed by atoms with Gasteiger partial charge in [-0.3, -0.25) is 9.63 Å². The van der Waals surface area contributed by atoms with Gasteiger partial charge in [-0.15, -0.1) is 0 Å². The highest BCUT2D eigenvalue weighted by molar-refractivity contribution is 7.88. The van der Waals surface area contributed by atoms with Crippen LogP contribution in [0.3, 0.4) is 0 Å². The summed E-state index contributed by atoms with van der Waals surface area (Å²) in [4.78, 5) is 17.6. The van der Waals surface area contributed by atoms with E-state index < -0.39 is 16.1 Å². The topological polar surface area (TPSA) is 84.9 Å². The molecule has 0 amide bonds. The van der Waals surface area contributed by atoms with Gasteiger partial charge in [0.1, 0.15) is 6.10 Å². The van der Waals surface area contributed by atoms with Crippen LogP contribution in [0.5, 0.6) is 0 Å². The van der Waals surface area contributed by atoms with Crippen molar-refractivity contribution >= 4 is 15.8 Å². The summed E-state index contributed by atoms with van der Waals surface area (Å²) in [6.07, 6.45) is 1.74. The van der Waals surface area contributed by atoms with Crippen LogP contribution in [0.25, 0.3) is 0 Å². The normalized spacial score (nSPS) is 13.8. The molecular formula is C14H29N2O5S. The molecule has 131 valence electrons. The van der Waals surface area contributed by atoms with Crippen molar-refractivity contribution in [2.24, 2.45) is 5.92 Å². The van der Waals surface area contributed by atoms with Crippen LogP contribution in [0.4, 0.5) is 0 Å². The summed E-state index contributed by atoms with van der Waals surface area (Å²) < 4.78 is 29.5. The molecule has 0 bridgehead atoms. The van der Waals surface area contributed by atoms with Crippen LogP contribution >= 0.6 is 0 Å². The molecule has 1 N–H and O–H groups in total. The molecule has 0 aromatic heterocycles. The molecule has 0 heterocycles. The van der Waals surface area contributed by atoms with Crippen LogP contribution in [0.1, 0.15) is 26.7 Å². The maximum Gasteiger partial charge on any atom is 0.208 e. The van der Waals surface area contributed by atoms with Crippen molar-refractivity contribution in [2.75, 3.05) is 39.6 Å². The quantitative estimate of drug-likeness (QED) is 0.392. The number of methoxy groups -OCH3 is 1. The van der Waals surface area contributed by atoms with Crippen LogP contribution in [0, 0.1) is 12.8 Å². The van der Waals surface area contributed by atoms with Gasteiger partial charge in [-0.05, 0) is 12.8 Å². The SMILES string of the molecule is [CH2]CCN(CC(OC)C(=O)C(C)C)OCCCNS(C)(=O)=O. The predicted molar refractivity (Wildman–Crippen MR) is 85.6 cm³/mol. The standard InChI is InChI=1S/C14H29N2O5S/c1-6-9-16(11-13(20-4)14(17)12(2)3)21-10-7-8-15-22(5,18)19/h12-13,15H,1,6-11H2,2-5H3. The lowest BCUT2D eigenvalue weighted by Crippen LogP contribution is -2.40. The Hall–Kier alpha value is -0.540. The van der Waals surface area contributed by atoms with Gasteiger partial charge in [0.2, 0.25) is 10.0 Å². The third-order valence-corrected chi connectivity index (χ3v) is 3.64. The van der Waals surface area contributed by atoms with E-state index in [0.717, 1.165) is 6.26 Å². The Morgan fingerprint density at radius 3 is 2.45 bits per heavy atom. The van der Waals surface area contributed by atoms with Gasteiger partial charge in [-0.2, -0.15) is 5.06 Å². The number of carbonyl (C=O) groups excluding carboxylic acids is 1. The van der Waals surface area contributed by atoms with Crippen LogP contribution in [-0.4, -0.2) is 65.0 Å². The fourth-order valence-corrected chi connectivity index (χ4v) is 2.26. The predicted octanol–water partition coefficient (Wildman–Crippen LogP) is 0.624. The number of hydrogen-bond donors (Lipinski definition) is 1. The van der Waals surface area contributed by atoms with Gasteiger partial charge < -0.3 is 4.74 Å². The highest BCUT2D eigenvalue weighted by Crippen LogP contribution is 2.07. The van der Waals surface area contributed by atoms with Gasteiger partial charge in [-0.1, -0.05) is 20.8 Å². The number of hydrogen-bond acceptors (Lipinski definition) is 6. The van der Waals surface area contributed by atoms with Gasteiger partial charge >= 0.3 is 0 Å². The molecule has 8 heteroatoms. The first kappa shape index (κ1) is 21.5. The molecule has 0 aliphatic carbocycles. The maximum atomic E-state index is 12.0. The molecule has 0 aliphatic rings. The summed E-state index contributed by atoms with van der Waals surface area (Å²) in [6.45, 7) is 9.02. The largest absolute Gasteiger partial charge is 0.372 e. The summed E-state index contributed by atoms with van der Waals surface area (Å²) in [7, 11) is -1.67. The number of Topliss-reactive ketones (excluding diaryl/α,β-unsaturated/α-hetero) is 1. The Morgan fingerprint density at radius 2 is 2.00 bits per heavy atom. The van der Waals surface area contributed by atoms with E-state index >= 15 is 0 Å². The van der Waals surface area contributed by atoms with Crippen LogP contribution in [0.2, 0.25) is 0 Å². The molecule has 0 rings (SSSR count). The first-order valence-corrected chi connectivity index (χ1v) is 9.28. The number of carbonyl (C=O) groups is 1. The number of hydroxylamine groups is 2. The molecule has 1 unspecified atom stereocenters. The zero-order chi connectivity index (χ0) is 17.2. The summed E-state index contributed by atoms with van der Waals surface area (Å²) in [5.74, 6) is -0.0792. The molecule has 0 aromatic rings. The second-order valence-electron chi connectivity index (χ2n) is 5.38. The third-order valence-electron chi connectivity index (χ3n) is 2.91. The fraction of sp³-hybridized carbons (Fsp3) is 0.857. The number of sulfonamides is 1. The second-order valence-corrected chi connectivity index (χ2v) is 7.21. The molecule has 1 atom stereocenters. The Labute approximate surface area is 134 Å². The van der Waals surface area contributed by atoms with Gasteiger partial charge in [0.15, 0.2) is 5.78 Å². The first-order chi connectivity index (χ1) is 10.2. The van der Waals surface area contributed by atoms with Crippen molar-refractivity contribution in [3.8, 4) is 0 Å². The van der Waals surface area contributed by atoms with Crippen molar-refractivity contribution in [3.63, 3.8) is 0 Å². The lowest BCUT2D eigenvalue weighted by Gasteiger charge is -2.26. The highest BCUT2D eigenvalue weighted by Gasteiger charge is 2.23. The minimum absolute atomic E-state index is 0.0268. The molecule has 0 saturated heterocycles. The summed E-state index contributed by atoms with van der Waals surface area (Å²) >= 11 is 0. The minimum atomic E-state index is -3.17. The van der Waals surface area contributed by atoms with Gasteiger partial charge in [0.25, 0.3) is 0 Å². The number of ketones is 1. The van der Waals surface area contributed by atoms with Gasteiger partial charge in [0, 0.05) is 26.1 Å². The third kappa shape index (κ3) is 10.2. The minimum Gasteiger partial charge on any atom is -0.372 e. The monoisotopic (exact) mass is 337 g/mol. The van der Waals surface area contributed by atoms with E-state index in [1.54, 1.807) is 5.06 Å². The van der Waals surface area contributed by atoms with Crippen molar-refractivity contribution in [3.05, 3.63) is 6.92 Å². The average molecular weight is 337 g/mol. The zero-order valence-corrected chi connectivity index (χ0v) is 14.8. The lowest BCUT2D eigenvalue weighted by atomic mass is 10.0. The van der Waals surface area contributed by atoms with E-state index in [1.807, 2.05) is 13.8 Å². The fourth-order valence-electron chi connectivity index (χ4n) is 1.75. The van der Waals surface area contributed by atoms with E-state index in [0.29, 0.717) is 39.1 Å². The smallest absolute Gasteiger partial charge is 0.208 e. The number of nitrogens with zero attached hydrogens (tertiary/aromatic N) is 1. The van der Waals surface area contributed by atoms with Crippen LogP contribution in [-0.2, 0) is 24.4 Å². The Kier molecular flexibility index (Phi) is 10.8. The second kappa shape index (κ2) is 11.1. The number of rotatable bonds is 13. The summed E-state index contributed by atoms with van der Waals surface area (Å²) in [6, 6.07) is 0. The van der Waals surface area contributed by atoms with Crippen molar-refractivity contribution in [1.82, 2.24) is 9.79 Å². The number of ether oxygens (including phenoxy) is 1. The highest BCUT2D eigenvalue weighted by atomic mass is 32.2. The lowest BCUT2D eigenvalue weighted by molar-refractivity contribution is -0.179. The van der Waals surface area contributed by atoms with E-state index in [2.05, 4.69) is 11.6 Å². The molecular weight excluding hydrogens is 308 g/mol. The summed E-state index contributed by atoms with van der Waals surface area (Å²) in [5, 5.41) is 1.65. The van der Waals surface area contributed by atoms with Crippen LogP contribution < -0.4 is 4.72 Å². The molecule has 1 radical (unpaired) electrons. The van der Waals surface area contributed by atoms with E-state index in [1.165, 1.54) is 7.11 Å². The van der Waals surface area contributed by atoms with Crippen molar-refractivity contribution in [1.29, 1.82) is 0 Å². The molecule has 22 heavy (non-hydrogen) atoms. The molecule has 0 spiro atoms. The summed E-state index contributed by atoms with van der Waals surface area (Å²) in [5.41, 5.74) is 0. The Balaban J connectivity index is 4.26. The van der Waals surface area contributed by atoms with Crippen molar-refractivity contribution in [2.45, 2.75) is 32.8 Å². The Morgan fingerprint density at radius 1 is 1.36 bits per heavy atom. The van der Waals surface area contributed by atoms with E-state index in [9.17, 15) is 13.2 Å². The average Bonchev–Trinajstić information content (AvgIpc) is 2.41. The Bertz CT molecular complexity index is 411. The van der Waals surface area contributed by atoms with Crippen LogP contribution in [0.15, 0.2) is 0 Å². The number of nitrogens with one attached hydrogen (secondary N) is 1. The van der Waals surface area contributed by atoms with E-state index in [-0.39, 0.29) is 11.7 Å². The maximum absolute atomic E-state index is 12.0.